The number of amides is 2. The van der Waals surface area contributed by atoms with Crippen LogP contribution in [0.15, 0.2) is 28.7 Å². The maximum Gasteiger partial charge on any atom is 0.326 e. The lowest BCUT2D eigenvalue weighted by molar-refractivity contribution is -0.142. The number of primary amides is 1. The molecule has 7 heteroatoms. The van der Waals surface area contributed by atoms with E-state index < -0.39 is 30.2 Å². The van der Waals surface area contributed by atoms with Gasteiger partial charge in [0.05, 0.1) is 6.42 Å². The molecule has 21 heavy (non-hydrogen) atoms. The predicted octanol–water partition coefficient (Wildman–Crippen LogP) is 1.22. The number of benzene rings is 1. The van der Waals surface area contributed by atoms with Crippen molar-refractivity contribution in [2.75, 3.05) is 0 Å². The number of hydrogen-bond acceptors (Lipinski definition) is 3. The van der Waals surface area contributed by atoms with E-state index in [4.69, 9.17) is 10.8 Å². The van der Waals surface area contributed by atoms with Crippen LogP contribution in [0.1, 0.15) is 17.5 Å². The standard InChI is InChI=1S/C14H15BrN2O4/c1-8-2-3-9(10(15)6-8)4-5-13(19)17-11(14(20)21)7-12(16)18/h2-6,11H,7H2,1H3,(H2,16,18)(H,17,19)(H,20,21)/b5-4+/t11-/m1/s1. The van der Waals surface area contributed by atoms with Crippen LogP contribution in [0, 0.1) is 6.92 Å². The molecule has 4 N–H and O–H groups in total. The van der Waals surface area contributed by atoms with Crippen LogP contribution in [0.2, 0.25) is 0 Å². The highest BCUT2D eigenvalue weighted by molar-refractivity contribution is 9.10. The highest BCUT2D eigenvalue weighted by atomic mass is 79.9. The lowest BCUT2D eigenvalue weighted by atomic mass is 10.1. The molecule has 1 atom stereocenters. The molecule has 0 saturated carbocycles. The van der Waals surface area contributed by atoms with Crippen LogP contribution in [0.25, 0.3) is 6.08 Å². The Kier molecular flexibility index (Phi) is 6.10. The van der Waals surface area contributed by atoms with Crippen LogP contribution < -0.4 is 11.1 Å². The van der Waals surface area contributed by atoms with Crippen molar-refractivity contribution >= 4 is 39.8 Å². The van der Waals surface area contributed by atoms with Gasteiger partial charge in [-0.05, 0) is 30.2 Å². The monoisotopic (exact) mass is 354 g/mol. The molecule has 1 rings (SSSR count). The van der Waals surface area contributed by atoms with Gasteiger partial charge in [0.25, 0.3) is 0 Å². The summed E-state index contributed by atoms with van der Waals surface area (Å²) in [4.78, 5) is 33.3. The van der Waals surface area contributed by atoms with Crippen LogP contribution in [-0.4, -0.2) is 28.9 Å². The van der Waals surface area contributed by atoms with E-state index in [0.29, 0.717) is 0 Å². The number of halogens is 1. The number of nitrogens with one attached hydrogen (secondary N) is 1. The smallest absolute Gasteiger partial charge is 0.326 e. The number of carboxylic acids is 1. The zero-order chi connectivity index (χ0) is 16.0. The number of aliphatic carboxylic acids is 1. The summed E-state index contributed by atoms with van der Waals surface area (Å²) < 4.78 is 0.818. The Morgan fingerprint density at radius 2 is 2.10 bits per heavy atom. The molecular weight excluding hydrogens is 340 g/mol. The molecule has 6 nitrogen and oxygen atoms in total. The van der Waals surface area contributed by atoms with Gasteiger partial charge in [-0.15, -0.1) is 0 Å². The van der Waals surface area contributed by atoms with E-state index >= 15 is 0 Å². The second-order valence-corrected chi connectivity index (χ2v) is 5.28. The highest BCUT2D eigenvalue weighted by Crippen LogP contribution is 2.19. The third-order valence-corrected chi connectivity index (χ3v) is 3.28. The summed E-state index contributed by atoms with van der Waals surface area (Å²) in [5.41, 5.74) is 6.77. The predicted molar refractivity (Wildman–Crippen MR) is 81.3 cm³/mol. The van der Waals surface area contributed by atoms with E-state index in [1.165, 1.54) is 6.08 Å². The van der Waals surface area contributed by atoms with E-state index in [9.17, 15) is 14.4 Å². The van der Waals surface area contributed by atoms with Gasteiger partial charge in [0.15, 0.2) is 0 Å². The number of carboxylic acid groups (broad SMARTS) is 1. The molecule has 0 fully saturated rings. The fourth-order valence-corrected chi connectivity index (χ4v) is 2.18. The third kappa shape index (κ3) is 5.78. The van der Waals surface area contributed by atoms with Crippen LogP contribution in [0.3, 0.4) is 0 Å². The number of nitrogens with two attached hydrogens (primary N) is 1. The Bertz CT molecular complexity index is 599. The molecule has 0 bridgehead atoms. The van der Waals surface area contributed by atoms with Crippen LogP contribution >= 0.6 is 15.9 Å². The molecule has 0 aliphatic carbocycles. The average molecular weight is 355 g/mol. The number of carbonyl (C=O) groups is 3. The Labute approximate surface area is 130 Å². The number of carbonyl (C=O) groups excluding carboxylic acids is 2. The van der Waals surface area contributed by atoms with Gasteiger partial charge in [0.1, 0.15) is 6.04 Å². The van der Waals surface area contributed by atoms with Crippen molar-refractivity contribution < 1.29 is 19.5 Å². The largest absolute Gasteiger partial charge is 0.480 e. The van der Waals surface area contributed by atoms with Crippen LogP contribution in [-0.2, 0) is 14.4 Å². The molecule has 0 heterocycles. The Hall–Kier alpha value is -2.15. The molecule has 112 valence electrons. The first kappa shape index (κ1) is 16.9. The van der Waals surface area contributed by atoms with Gasteiger partial charge in [-0.1, -0.05) is 28.1 Å². The van der Waals surface area contributed by atoms with Crippen molar-refractivity contribution in [1.82, 2.24) is 5.32 Å². The van der Waals surface area contributed by atoms with Crippen molar-refractivity contribution in [3.05, 3.63) is 39.9 Å². The zero-order valence-corrected chi connectivity index (χ0v) is 12.9. The van der Waals surface area contributed by atoms with Crippen molar-refractivity contribution in [1.29, 1.82) is 0 Å². The second kappa shape index (κ2) is 7.58. The zero-order valence-electron chi connectivity index (χ0n) is 11.3. The molecule has 1 aromatic carbocycles. The minimum absolute atomic E-state index is 0.455. The summed E-state index contributed by atoms with van der Waals surface area (Å²) in [6.07, 6.45) is 2.29. The second-order valence-electron chi connectivity index (χ2n) is 4.43. The van der Waals surface area contributed by atoms with Gasteiger partial charge in [-0.3, -0.25) is 9.59 Å². The van der Waals surface area contributed by atoms with Gasteiger partial charge in [-0.25, -0.2) is 4.79 Å². The first-order chi connectivity index (χ1) is 9.79. The molecule has 0 radical (unpaired) electrons. The summed E-state index contributed by atoms with van der Waals surface area (Å²) in [7, 11) is 0. The summed E-state index contributed by atoms with van der Waals surface area (Å²) in [6.45, 7) is 1.94. The first-order valence-corrected chi connectivity index (χ1v) is 6.84. The SMILES string of the molecule is Cc1ccc(/C=C/C(=O)N[C@H](CC(N)=O)C(=O)O)c(Br)c1. The molecule has 0 aliphatic heterocycles. The quantitative estimate of drug-likeness (QED) is 0.667. The van der Waals surface area contributed by atoms with E-state index in [1.54, 1.807) is 6.08 Å². The molecular formula is C14H15BrN2O4. The summed E-state index contributed by atoms with van der Waals surface area (Å²) in [5, 5.41) is 11.1. The lowest BCUT2D eigenvalue weighted by Crippen LogP contribution is -2.42. The van der Waals surface area contributed by atoms with Gasteiger partial charge in [0.2, 0.25) is 11.8 Å². The van der Waals surface area contributed by atoms with E-state index in [-0.39, 0.29) is 0 Å². The topological polar surface area (TPSA) is 109 Å². The summed E-state index contributed by atoms with van der Waals surface area (Å²) >= 11 is 3.37. The highest BCUT2D eigenvalue weighted by Gasteiger charge is 2.20. The molecule has 0 aromatic heterocycles. The fourth-order valence-electron chi connectivity index (χ4n) is 1.55. The number of aryl methyl sites for hydroxylation is 1. The van der Waals surface area contributed by atoms with Crippen LogP contribution in [0.4, 0.5) is 0 Å². The molecule has 0 saturated heterocycles. The molecule has 0 aliphatic rings. The fraction of sp³-hybridized carbons (Fsp3) is 0.214. The average Bonchev–Trinajstić information content (AvgIpc) is 2.36. The minimum Gasteiger partial charge on any atom is -0.480 e. The van der Waals surface area contributed by atoms with Crippen molar-refractivity contribution in [2.45, 2.75) is 19.4 Å². The van der Waals surface area contributed by atoms with Gasteiger partial charge >= 0.3 is 5.97 Å². The van der Waals surface area contributed by atoms with E-state index in [0.717, 1.165) is 15.6 Å². The van der Waals surface area contributed by atoms with Crippen LogP contribution in [0.5, 0.6) is 0 Å². The maximum absolute atomic E-state index is 11.7. The first-order valence-electron chi connectivity index (χ1n) is 6.05. The molecule has 0 spiro atoms. The summed E-state index contributed by atoms with van der Waals surface area (Å²) in [6, 6.07) is 4.27. The van der Waals surface area contributed by atoms with Crippen molar-refractivity contribution in [2.24, 2.45) is 5.73 Å². The normalized spacial score (nSPS) is 12.1. The van der Waals surface area contributed by atoms with Gasteiger partial charge in [-0.2, -0.15) is 0 Å². The van der Waals surface area contributed by atoms with Gasteiger partial charge < -0.3 is 16.2 Å². The molecule has 0 unspecified atom stereocenters. The number of rotatable bonds is 6. The third-order valence-electron chi connectivity index (χ3n) is 2.59. The van der Waals surface area contributed by atoms with Crippen molar-refractivity contribution in [3.8, 4) is 0 Å². The van der Waals surface area contributed by atoms with E-state index in [1.807, 2.05) is 25.1 Å². The Morgan fingerprint density at radius 3 is 2.62 bits per heavy atom. The van der Waals surface area contributed by atoms with Gasteiger partial charge in [0, 0.05) is 10.5 Å². The molecule has 1 aromatic rings. The van der Waals surface area contributed by atoms with E-state index in [2.05, 4.69) is 21.2 Å². The lowest BCUT2D eigenvalue weighted by Gasteiger charge is -2.10. The molecule has 2 amide bonds. The Morgan fingerprint density at radius 1 is 1.43 bits per heavy atom. The number of hydrogen-bond donors (Lipinski definition) is 3. The Balaban J connectivity index is 2.73. The minimum atomic E-state index is -1.33. The van der Waals surface area contributed by atoms with Crippen molar-refractivity contribution in [3.63, 3.8) is 0 Å². The maximum atomic E-state index is 11.7. The summed E-state index contributed by atoms with van der Waals surface area (Å²) in [5.74, 6) is -2.73.